The van der Waals surface area contributed by atoms with E-state index in [1.54, 1.807) is 6.07 Å². The molecule has 0 spiro atoms. The van der Waals surface area contributed by atoms with Gasteiger partial charge in [-0.05, 0) is 44.0 Å². The molecule has 0 radical (unpaired) electrons. The lowest BCUT2D eigenvalue weighted by Gasteiger charge is -2.39. The van der Waals surface area contributed by atoms with Gasteiger partial charge in [0.2, 0.25) is 12.0 Å². The third kappa shape index (κ3) is 4.26. The number of fused-ring (bicyclic) bond motifs is 1. The number of allylic oxidation sites excluding steroid dienone is 2. The Morgan fingerprint density at radius 3 is 2.57 bits per heavy atom. The molecular weight excluding hydrogens is 368 g/mol. The highest BCUT2D eigenvalue weighted by Crippen LogP contribution is 2.25. The van der Waals surface area contributed by atoms with E-state index >= 15 is 0 Å². The Morgan fingerprint density at radius 2 is 1.89 bits per heavy atom. The van der Waals surface area contributed by atoms with Crippen molar-refractivity contribution in [3.05, 3.63) is 51.9 Å². The van der Waals surface area contributed by atoms with Crippen molar-refractivity contribution in [2.45, 2.75) is 51.0 Å². The molecule has 1 aliphatic heterocycles. The number of hydrogen-bond acceptors (Lipinski definition) is 8. The molecule has 28 heavy (non-hydrogen) atoms. The number of aliphatic hydroxyl groups excluding tert-OH is 4. The minimum atomic E-state index is -1.61. The van der Waals surface area contributed by atoms with Crippen LogP contribution in [0.25, 0.3) is 11.0 Å². The van der Waals surface area contributed by atoms with E-state index in [9.17, 15) is 25.2 Å². The maximum Gasteiger partial charge on any atom is 0.379 e. The van der Waals surface area contributed by atoms with Crippen LogP contribution in [0, 0.1) is 0 Å². The lowest BCUT2D eigenvalue weighted by Crippen LogP contribution is -2.60. The fourth-order valence-electron chi connectivity index (χ4n) is 2.97. The quantitative estimate of drug-likeness (QED) is 0.427. The number of rotatable bonds is 5. The molecule has 8 nitrogen and oxygen atoms in total. The van der Waals surface area contributed by atoms with Crippen LogP contribution >= 0.6 is 0 Å². The molecule has 0 amide bonds. The van der Waals surface area contributed by atoms with E-state index in [2.05, 4.69) is 6.08 Å². The molecule has 4 N–H and O–H groups in total. The van der Waals surface area contributed by atoms with Crippen LogP contribution in [0.15, 0.2) is 45.1 Å². The van der Waals surface area contributed by atoms with E-state index in [1.807, 2.05) is 26.0 Å². The fraction of sp³-hybridized carbons (Fsp3) is 0.450. The smallest absolute Gasteiger partial charge is 0.379 e. The monoisotopic (exact) mass is 392 g/mol. The van der Waals surface area contributed by atoms with Crippen LogP contribution < -0.4 is 10.4 Å². The molecule has 2 heterocycles. The summed E-state index contributed by atoms with van der Waals surface area (Å²) in [6.07, 6.45) is -4.51. The molecule has 1 aromatic heterocycles. The highest BCUT2D eigenvalue weighted by Gasteiger charge is 2.45. The zero-order valence-corrected chi connectivity index (χ0v) is 15.6. The van der Waals surface area contributed by atoms with Gasteiger partial charge in [0.25, 0.3) is 0 Å². The maximum atomic E-state index is 12.2. The normalized spacial score (nSPS) is 27.6. The summed E-state index contributed by atoms with van der Waals surface area (Å²) < 4.78 is 15.9. The second-order valence-corrected chi connectivity index (χ2v) is 7.07. The van der Waals surface area contributed by atoms with Crippen molar-refractivity contribution in [3.63, 3.8) is 0 Å². The molecule has 0 saturated carbocycles. The zero-order valence-electron chi connectivity index (χ0n) is 15.6. The lowest BCUT2D eigenvalue weighted by atomic mass is 9.99. The van der Waals surface area contributed by atoms with Gasteiger partial charge in [-0.15, -0.1) is 0 Å². The summed E-state index contributed by atoms with van der Waals surface area (Å²) in [4.78, 5) is 12.2. The molecule has 152 valence electrons. The van der Waals surface area contributed by atoms with Crippen LogP contribution in [-0.2, 0) is 11.2 Å². The third-order valence-corrected chi connectivity index (χ3v) is 4.60. The summed E-state index contributed by atoms with van der Waals surface area (Å²) >= 11 is 0. The van der Waals surface area contributed by atoms with Gasteiger partial charge in [0.1, 0.15) is 30.0 Å². The van der Waals surface area contributed by atoms with E-state index in [-0.39, 0.29) is 5.75 Å². The Labute approximate surface area is 161 Å². The molecule has 0 bridgehead atoms. The van der Waals surface area contributed by atoms with E-state index in [0.717, 1.165) is 12.0 Å². The summed E-state index contributed by atoms with van der Waals surface area (Å²) in [6, 6.07) is 6.89. The minimum absolute atomic E-state index is 0.212. The molecular formula is C20H24O8. The van der Waals surface area contributed by atoms with Crippen LogP contribution in [0.3, 0.4) is 0 Å². The van der Waals surface area contributed by atoms with Crippen LogP contribution in [0.4, 0.5) is 0 Å². The first kappa shape index (κ1) is 20.5. The highest BCUT2D eigenvalue weighted by molar-refractivity contribution is 5.78. The van der Waals surface area contributed by atoms with E-state index in [4.69, 9.17) is 13.9 Å². The van der Waals surface area contributed by atoms with E-state index < -0.39 is 42.9 Å². The van der Waals surface area contributed by atoms with Gasteiger partial charge in [-0.3, -0.25) is 0 Å². The molecule has 3 rings (SSSR count). The average molecular weight is 392 g/mol. The van der Waals surface area contributed by atoms with Crippen molar-refractivity contribution in [1.82, 2.24) is 0 Å². The number of hydrogen-bond donors (Lipinski definition) is 4. The first-order chi connectivity index (χ1) is 13.3. The van der Waals surface area contributed by atoms with Gasteiger partial charge in [-0.25, -0.2) is 4.79 Å². The SMILES string of the molecule is CC(C)=CCc1ccc2oc(=O)c(O[C@@H]3O[C@H](CO)[C@@H](O)[C@H](O)[C@H]3O)cc2c1. The Hall–Kier alpha value is -2.23. The van der Waals surface area contributed by atoms with Crippen molar-refractivity contribution < 1.29 is 34.3 Å². The van der Waals surface area contributed by atoms with Crippen molar-refractivity contribution in [2.75, 3.05) is 6.61 Å². The molecule has 1 aliphatic rings. The van der Waals surface area contributed by atoms with Gasteiger partial charge in [-0.2, -0.15) is 0 Å². The van der Waals surface area contributed by atoms with E-state index in [1.165, 1.54) is 11.6 Å². The Balaban J connectivity index is 1.88. The molecule has 5 atom stereocenters. The molecule has 1 aromatic carbocycles. The molecule has 0 unspecified atom stereocenters. The predicted molar refractivity (Wildman–Crippen MR) is 100 cm³/mol. The molecule has 1 fully saturated rings. The maximum absolute atomic E-state index is 12.2. The van der Waals surface area contributed by atoms with Gasteiger partial charge in [-0.1, -0.05) is 17.7 Å². The molecule has 8 heteroatoms. The summed E-state index contributed by atoms with van der Waals surface area (Å²) in [5, 5.41) is 39.6. The van der Waals surface area contributed by atoms with Crippen molar-refractivity contribution in [2.24, 2.45) is 0 Å². The second-order valence-electron chi connectivity index (χ2n) is 7.07. The Kier molecular flexibility index (Phi) is 6.17. The van der Waals surface area contributed by atoms with Gasteiger partial charge < -0.3 is 34.3 Å². The van der Waals surface area contributed by atoms with Gasteiger partial charge >= 0.3 is 5.63 Å². The van der Waals surface area contributed by atoms with Crippen molar-refractivity contribution >= 4 is 11.0 Å². The average Bonchev–Trinajstić information content (AvgIpc) is 2.67. The standard InChI is InChI=1S/C20H24O8/c1-10(2)3-4-11-5-6-13-12(7-11)8-14(19(25)26-13)27-20-18(24)17(23)16(22)15(9-21)28-20/h3,5-8,15-18,20-24H,4,9H2,1-2H3/t15-,16-,17+,18-,20-/m1/s1. The zero-order chi connectivity index (χ0) is 20.4. The molecule has 2 aromatic rings. The Bertz CT molecular complexity index is 912. The van der Waals surface area contributed by atoms with Crippen molar-refractivity contribution in [1.29, 1.82) is 0 Å². The Morgan fingerprint density at radius 1 is 1.14 bits per heavy atom. The van der Waals surface area contributed by atoms with E-state index in [0.29, 0.717) is 11.0 Å². The summed E-state index contributed by atoms with van der Waals surface area (Å²) in [5.41, 5.74) is 1.81. The highest BCUT2D eigenvalue weighted by atomic mass is 16.7. The van der Waals surface area contributed by atoms with Crippen LogP contribution in [0.2, 0.25) is 0 Å². The fourth-order valence-corrected chi connectivity index (χ4v) is 2.97. The molecule has 0 aliphatic carbocycles. The number of benzene rings is 1. The second kappa shape index (κ2) is 8.42. The van der Waals surface area contributed by atoms with Gasteiger partial charge in [0, 0.05) is 5.39 Å². The molecule has 1 saturated heterocycles. The summed E-state index contributed by atoms with van der Waals surface area (Å²) in [7, 11) is 0. The number of aliphatic hydroxyl groups is 4. The van der Waals surface area contributed by atoms with Crippen LogP contribution in [0.1, 0.15) is 19.4 Å². The predicted octanol–water partition coefficient (Wildman–Crippen LogP) is 0.480. The number of ether oxygens (including phenoxy) is 2. The summed E-state index contributed by atoms with van der Waals surface area (Å²) in [6.45, 7) is 3.42. The van der Waals surface area contributed by atoms with Crippen LogP contribution in [-0.4, -0.2) is 57.7 Å². The van der Waals surface area contributed by atoms with Gasteiger partial charge in [0.05, 0.1) is 6.61 Å². The topological polar surface area (TPSA) is 130 Å². The first-order valence-electron chi connectivity index (χ1n) is 8.97. The van der Waals surface area contributed by atoms with Crippen LogP contribution in [0.5, 0.6) is 5.75 Å². The summed E-state index contributed by atoms with van der Waals surface area (Å²) in [5.74, 6) is -0.212. The largest absolute Gasteiger partial charge is 0.454 e. The minimum Gasteiger partial charge on any atom is -0.454 e. The third-order valence-electron chi connectivity index (χ3n) is 4.60. The first-order valence-corrected chi connectivity index (χ1v) is 8.97. The van der Waals surface area contributed by atoms with Crippen molar-refractivity contribution in [3.8, 4) is 5.75 Å². The van der Waals surface area contributed by atoms with Gasteiger partial charge in [0.15, 0.2) is 0 Å². The lowest BCUT2D eigenvalue weighted by molar-refractivity contribution is -0.277.